The van der Waals surface area contributed by atoms with Crippen molar-refractivity contribution in [2.45, 2.75) is 18.9 Å². The van der Waals surface area contributed by atoms with Crippen LogP contribution < -0.4 is 10.2 Å². The zero-order valence-corrected chi connectivity index (χ0v) is 16.3. The molecular formula is C22H17F2N5O2. The van der Waals surface area contributed by atoms with Gasteiger partial charge >= 0.3 is 0 Å². The largest absolute Gasteiger partial charge is 0.349 e. The zero-order chi connectivity index (χ0) is 21.5. The Bertz CT molecular complexity index is 1280. The van der Waals surface area contributed by atoms with E-state index in [0.29, 0.717) is 35.6 Å². The molecule has 2 aromatic heterocycles. The number of aromatic nitrogens is 3. The van der Waals surface area contributed by atoms with Crippen LogP contribution in [-0.2, 0) is 9.59 Å². The molecule has 0 bridgehead atoms. The highest BCUT2D eigenvalue weighted by molar-refractivity contribution is 6.16. The van der Waals surface area contributed by atoms with Gasteiger partial charge in [-0.3, -0.25) is 9.59 Å². The molecule has 4 heterocycles. The number of allylic oxidation sites excluding steroid dienone is 1. The number of halogens is 2. The summed E-state index contributed by atoms with van der Waals surface area (Å²) in [5, 5.41) is 6.64. The number of hydrogen-bond donors (Lipinski definition) is 1. The van der Waals surface area contributed by atoms with E-state index in [0.717, 1.165) is 18.6 Å². The Labute approximate surface area is 175 Å². The molecule has 3 aromatic rings. The van der Waals surface area contributed by atoms with E-state index in [9.17, 15) is 18.4 Å². The summed E-state index contributed by atoms with van der Waals surface area (Å²) in [6.45, 7) is 0.662. The van der Waals surface area contributed by atoms with E-state index in [1.807, 2.05) is 4.90 Å². The van der Waals surface area contributed by atoms with Gasteiger partial charge in [-0.1, -0.05) is 0 Å². The van der Waals surface area contributed by atoms with Crippen molar-refractivity contribution in [2.75, 3.05) is 11.4 Å². The van der Waals surface area contributed by atoms with Crippen molar-refractivity contribution in [2.24, 2.45) is 0 Å². The highest BCUT2D eigenvalue weighted by atomic mass is 19.1. The first-order valence-corrected chi connectivity index (χ1v) is 9.81. The predicted molar refractivity (Wildman–Crippen MR) is 109 cm³/mol. The summed E-state index contributed by atoms with van der Waals surface area (Å²) in [4.78, 5) is 29.6. The molecule has 5 rings (SSSR count). The summed E-state index contributed by atoms with van der Waals surface area (Å²) < 4.78 is 29.7. The van der Waals surface area contributed by atoms with Crippen molar-refractivity contribution >= 4 is 29.2 Å². The molecule has 156 valence electrons. The number of benzene rings is 1. The topological polar surface area (TPSA) is 79.6 Å². The van der Waals surface area contributed by atoms with Crippen LogP contribution in [0.5, 0.6) is 0 Å². The lowest BCUT2D eigenvalue weighted by atomic mass is 10.0. The Balaban J connectivity index is 1.46. The lowest BCUT2D eigenvalue weighted by Gasteiger charge is -2.26. The number of nitrogens with zero attached hydrogens (tertiary/aromatic N) is 4. The van der Waals surface area contributed by atoms with Crippen LogP contribution in [0.4, 0.5) is 14.6 Å². The lowest BCUT2D eigenvalue weighted by molar-refractivity contribution is -0.121. The molecule has 1 amide bonds. The molecule has 31 heavy (non-hydrogen) atoms. The average molecular weight is 421 g/mol. The van der Waals surface area contributed by atoms with Crippen molar-refractivity contribution in [3.8, 4) is 0 Å². The van der Waals surface area contributed by atoms with Crippen LogP contribution in [0.2, 0.25) is 0 Å². The molecule has 9 heteroatoms. The van der Waals surface area contributed by atoms with E-state index < -0.39 is 11.6 Å². The maximum absolute atomic E-state index is 14.4. The van der Waals surface area contributed by atoms with Crippen LogP contribution in [0, 0.1) is 11.6 Å². The average Bonchev–Trinajstić information content (AvgIpc) is 3.38. The van der Waals surface area contributed by atoms with Crippen molar-refractivity contribution in [1.82, 2.24) is 19.9 Å². The predicted octanol–water partition coefficient (Wildman–Crippen LogP) is 2.95. The molecule has 0 spiro atoms. The van der Waals surface area contributed by atoms with Gasteiger partial charge in [-0.25, -0.2) is 18.3 Å². The Morgan fingerprint density at radius 2 is 2.10 bits per heavy atom. The van der Waals surface area contributed by atoms with E-state index in [-0.39, 0.29) is 23.4 Å². The molecule has 1 aromatic carbocycles. The number of amides is 1. The monoisotopic (exact) mass is 421 g/mol. The first kappa shape index (κ1) is 19.1. The SMILES string of the molecule is O=C1C=C(C(=O)/C=C/c2cnn3ccc(N4CCCC4c4cc(F)ccc4F)nc23)N1. The van der Waals surface area contributed by atoms with Gasteiger partial charge < -0.3 is 10.2 Å². The zero-order valence-electron chi connectivity index (χ0n) is 16.3. The highest BCUT2D eigenvalue weighted by Gasteiger charge is 2.30. The van der Waals surface area contributed by atoms with Crippen LogP contribution in [0.25, 0.3) is 11.7 Å². The highest BCUT2D eigenvalue weighted by Crippen LogP contribution is 2.36. The minimum absolute atomic E-state index is 0.239. The van der Waals surface area contributed by atoms with E-state index in [1.165, 1.54) is 18.2 Å². The van der Waals surface area contributed by atoms with E-state index in [1.54, 1.807) is 29.1 Å². The fourth-order valence-electron chi connectivity index (χ4n) is 3.93. The third-order valence-electron chi connectivity index (χ3n) is 5.46. The van der Waals surface area contributed by atoms with Crippen LogP contribution >= 0.6 is 0 Å². The number of ketones is 1. The fraction of sp³-hybridized carbons (Fsp3) is 0.182. The quantitative estimate of drug-likeness (QED) is 0.641. The first-order chi connectivity index (χ1) is 15.0. The number of nitrogens with one attached hydrogen (secondary N) is 1. The molecule has 2 aliphatic heterocycles. The number of fused-ring (bicyclic) bond motifs is 1. The Morgan fingerprint density at radius 1 is 1.26 bits per heavy atom. The molecule has 0 radical (unpaired) electrons. The summed E-state index contributed by atoms with van der Waals surface area (Å²) in [5.74, 6) is -0.917. The summed E-state index contributed by atoms with van der Waals surface area (Å²) >= 11 is 0. The van der Waals surface area contributed by atoms with Gasteiger partial charge in [0, 0.05) is 29.9 Å². The molecule has 1 N–H and O–H groups in total. The van der Waals surface area contributed by atoms with Gasteiger partial charge in [0.1, 0.15) is 17.5 Å². The normalized spacial score (nSPS) is 18.4. The van der Waals surface area contributed by atoms with Crippen molar-refractivity contribution in [3.63, 3.8) is 0 Å². The maximum atomic E-state index is 14.4. The second-order valence-corrected chi connectivity index (χ2v) is 7.42. The molecule has 2 aliphatic rings. The van der Waals surface area contributed by atoms with Gasteiger partial charge in [-0.2, -0.15) is 5.10 Å². The van der Waals surface area contributed by atoms with Gasteiger partial charge in [0.15, 0.2) is 5.65 Å². The number of rotatable bonds is 5. The van der Waals surface area contributed by atoms with Crippen molar-refractivity contribution in [1.29, 1.82) is 0 Å². The lowest BCUT2D eigenvalue weighted by Crippen LogP contribution is -2.34. The number of hydrogen-bond acceptors (Lipinski definition) is 5. The van der Waals surface area contributed by atoms with Crippen LogP contribution in [-0.4, -0.2) is 32.8 Å². The summed E-state index contributed by atoms with van der Waals surface area (Å²) in [7, 11) is 0. The Kier molecular flexibility index (Phi) is 4.58. The Morgan fingerprint density at radius 3 is 2.90 bits per heavy atom. The fourth-order valence-corrected chi connectivity index (χ4v) is 3.93. The molecule has 7 nitrogen and oxygen atoms in total. The van der Waals surface area contributed by atoms with Crippen LogP contribution in [0.1, 0.15) is 30.0 Å². The minimum Gasteiger partial charge on any atom is -0.349 e. The van der Waals surface area contributed by atoms with E-state index in [2.05, 4.69) is 15.4 Å². The maximum Gasteiger partial charge on any atom is 0.250 e. The second kappa shape index (κ2) is 7.42. The Hall–Kier alpha value is -3.88. The van der Waals surface area contributed by atoms with Gasteiger partial charge in [-0.15, -0.1) is 0 Å². The van der Waals surface area contributed by atoms with Gasteiger partial charge in [0.25, 0.3) is 5.91 Å². The third kappa shape index (κ3) is 3.48. The van der Waals surface area contributed by atoms with E-state index >= 15 is 0 Å². The second-order valence-electron chi connectivity index (χ2n) is 7.42. The molecular weight excluding hydrogens is 404 g/mol. The minimum atomic E-state index is -0.475. The number of anilines is 1. The van der Waals surface area contributed by atoms with Gasteiger partial charge in [-0.05, 0) is 49.3 Å². The van der Waals surface area contributed by atoms with Crippen LogP contribution in [0.15, 0.2) is 54.5 Å². The summed E-state index contributed by atoms with van der Waals surface area (Å²) in [6.07, 6.45) is 9.00. The van der Waals surface area contributed by atoms with Crippen molar-refractivity contribution < 1.29 is 18.4 Å². The first-order valence-electron chi connectivity index (χ1n) is 9.81. The summed E-state index contributed by atoms with van der Waals surface area (Å²) in [5.41, 5.74) is 1.70. The number of carbonyl (C=O) groups is 2. The van der Waals surface area contributed by atoms with Crippen molar-refractivity contribution in [3.05, 3.63) is 77.3 Å². The number of carbonyl (C=O) groups excluding carboxylic acids is 2. The van der Waals surface area contributed by atoms with Gasteiger partial charge in [0.2, 0.25) is 5.78 Å². The molecule has 0 aliphatic carbocycles. The standard InChI is InChI=1S/C22H17F2N5O2/c23-14-4-5-16(24)15(10-14)18-2-1-8-28(18)20-7-9-29-22(27-20)13(12-25-29)3-6-19(30)17-11-21(31)26-17/h3-7,9-12,18H,1-2,8H2,(H,26,31)/b6-3+. The van der Waals surface area contributed by atoms with Gasteiger partial charge in [0.05, 0.1) is 17.9 Å². The molecule has 1 saturated heterocycles. The molecule has 1 unspecified atom stereocenters. The molecule has 1 fully saturated rings. The molecule has 1 atom stereocenters. The smallest absolute Gasteiger partial charge is 0.250 e. The summed E-state index contributed by atoms with van der Waals surface area (Å²) in [6, 6.07) is 4.96. The van der Waals surface area contributed by atoms with Crippen LogP contribution in [0.3, 0.4) is 0 Å². The van der Waals surface area contributed by atoms with E-state index in [4.69, 9.17) is 0 Å². The molecule has 0 saturated carbocycles. The third-order valence-corrected chi connectivity index (χ3v) is 5.46.